The van der Waals surface area contributed by atoms with Crippen molar-refractivity contribution < 1.29 is 14.6 Å². The van der Waals surface area contributed by atoms with Gasteiger partial charge in [-0.15, -0.1) is 0 Å². The minimum atomic E-state index is -0.168. The zero-order chi connectivity index (χ0) is 15.7. The highest BCUT2D eigenvalue weighted by molar-refractivity contribution is 5.77. The van der Waals surface area contributed by atoms with Crippen LogP contribution in [0.25, 0.3) is 0 Å². The molecule has 0 saturated carbocycles. The fraction of sp³-hybridized carbons (Fsp3) is 0.438. The van der Waals surface area contributed by atoms with Crippen LogP contribution in [0.15, 0.2) is 18.2 Å². The van der Waals surface area contributed by atoms with Crippen LogP contribution in [0.5, 0.6) is 5.75 Å². The number of carbonyl (C=O) groups is 1. The van der Waals surface area contributed by atoms with Crippen LogP contribution in [-0.2, 0) is 11.3 Å². The second-order valence-electron chi connectivity index (χ2n) is 4.46. The van der Waals surface area contributed by atoms with E-state index < -0.39 is 0 Å². The zero-order valence-electron chi connectivity index (χ0n) is 12.8. The number of hydrogen-bond donors (Lipinski definition) is 2. The van der Waals surface area contributed by atoms with Gasteiger partial charge in [0.05, 0.1) is 13.7 Å². The molecule has 5 nitrogen and oxygen atoms in total. The average Bonchev–Trinajstić information content (AvgIpc) is 2.52. The second-order valence-corrected chi connectivity index (χ2v) is 4.46. The van der Waals surface area contributed by atoms with E-state index in [2.05, 4.69) is 17.2 Å². The predicted octanol–water partition coefficient (Wildman–Crippen LogP) is 0.607. The first kappa shape index (κ1) is 17.0. The number of benzene rings is 1. The Balaban J connectivity index is 2.94. The number of carbonyl (C=O) groups excluding carboxylic acids is 1. The average molecular weight is 290 g/mol. The number of methoxy groups -OCH3 is 1. The Kier molecular flexibility index (Phi) is 7.30. The Labute approximate surface area is 125 Å². The SMILES string of the molecule is CCN(CC(=O)NC)Cc1cc(C#CCO)ccc1OC. The fourth-order valence-electron chi connectivity index (χ4n) is 1.92. The van der Waals surface area contributed by atoms with Crippen LogP contribution >= 0.6 is 0 Å². The number of ether oxygens (including phenoxy) is 1. The zero-order valence-corrected chi connectivity index (χ0v) is 12.8. The summed E-state index contributed by atoms with van der Waals surface area (Å²) in [6.07, 6.45) is 0. The molecular formula is C16H22N2O3. The molecule has 0 saturated heterocycles. The van der Waals surface area contributed by atoms with E-state index in [0.29, 0.717) is 13.1 Å². The van der Waals surface area contributed by atoms with Gasteiger partial charge in [0.25, 0.3) is 0 Å². The number of aliphatic hydroxyl groups is 1. The van der Waals surface area contributed by atoms with Gasteiger partial charge in [-0.3, -0.25) is 9.69 Å². The predicted molar refractivity (Wildman–Crippen MR) is 82.0 cm³/mol. The molecule has 0 spiro atoms. The van der Waals surface area contributed by atoms with Gasteiger partial charge in [0.15, 0.2) is 0 Å². The number of likely N-dealkylation sites (N-methyl/N-ethyl adjacent to an activating group) is 2. The van der Waals surface area contributed by atoms with Crippen molar-refractivity contribution in [2.45, 2.75) is 13.5 Å². The lowest BCUT2D eigenvalue weighted by atomic mass is 10.1. The molecule has 114 valence electrons. The molecule has 0 aliphatic rings. The van der Waals surface area contributed by atoms with Crippen LogP contribution in [0.1, 0.15) is 18.1 Å². The van der Waals surface area contributed by atoms with E-state index in [0.717, 1.165) is 23.4 Å². The van der Waals surface area contributed by atoms with Crippen LogP contribution in [0.3, 0.4) is 0 Å². The van der Waals surface area contributed by atoms with E-state index in [1.54, 1.807) is 14.2 Å². The largest absolute Gasteiger partial charge is 0.496 e. The molecule has 0 aromatic heterocycles. The first-order valence-corrected chi connectivity index (χ1v) is 6.84. The lowest BCUT2D eigenvalue weighted by molar-refractivity contribution is -0.121. The molecule has 21 heavy (non-hydrogen) atoms. The highest BCUT2D eigenvalue weighted by Gasteiger charge is 2.12. The third-order valence-corrected chi connectivity index (χ3v) is 3.08. The van der Waals surface area contributed by atoms with Crippen LogP contribution in [0.2, 0.25) is 0 Å². The molecule has 5 heteroatoms. The lowest BCUT2D eigenvalue weighted by Gasteiger charge is -2.21. The van der Waals surface area contributed by atoms with Crippen molar-refractivity contribution in [2.75, 3.05) is 33.9 Å². The monoisotopic (exact) mass is 290 g/mol. The quantitative estimate of drug-likeness (QED) is 0.754. The molecule has 0 bridgehead atoms. The Morgan fingerprint density at radius 1 is 1.48 bits per heavy atom. The van der Waals surface area contributed by atoms with E-state index in [1.165, 1.54) is 0 Å². The van der Waals surface area contributed by atoms with Crippen LogP contribution in [0.4, 0.5) is 0 Å². The maximum atomic E-state index is 11.5. The van der Waals surface area contributed by atoms with Gasteiger partial charge in [-0.25, -0.2) is 0 Å². The van der Waals surface area contributed by atoms with Crippen molar-refractivity contribution >= 4 is 5.91 Å². The first-order valence-electron chi connectivity index (χ1n) is 6.84. The number of nitrogens with zero attached hydrogens (tertiary/aromatic N) is 1. The summed E-state index contributed by atoms with van der Waals surface area (Å²) in [6, 6.07) is 5.62. The topological polar surface area (TPSA) is 61.8 Å². The maximum Gasteiger partial charge on any atom is 0.233 e. The summed E-state index contributed by atoms with van der Waals surface area (Å²) >= 11 is 0. The third kappa shape index (κ3) is 5.46. The summed E-state index contributed by atoms with van der Waals surface area (Å²) in [5.74, 6) is 6.24. The molecule has 0 radical (unpaired) electrons. The Hall–Kier alpha value is -2.03. The summed E-state index contributed by atoms with van der Waals surface area (Å²) in [4.78, 5) is 13.5. The van der Waals surface area contributed by atoms with Crippen molar-refractivity contribution in [3.05, 3.63) is 29.3 Å². The van der Waals surface area contributed by atoms with Gasteiger partial charge in [0, 0.05) is 24.7 Å². The molecule has 1 aromatic rings. The Morgan fingerprint density at radius 2 is 2.24 bits per heavy atom. The minimum Gasteiger partial charge on any atom is -0.496 e. The standard InChI is InChI=1S/C16H22N2O3/c1-4-18(12-16(20)17-2)11-14-10-13(6-5-9-19)7-8-15(14)21-3/h7-8,10,19H,4,9,11-12H2,1-3H3,(H,17,20). The number of rotatable bonds is 6. The van der Waals surface area contributed by atoms with Gasteiger partial charge in [0.2, 0.25) is 5.91 Å². The van der Waals surface area contributed by atoms with Crippen molar-refractivity contribution in [2.24, 2.45) is 0 Å². The third-order valence-electron chi connectivity index (χ3n) is 3.08. The molecular weight excluding hydrogens is 268 g/mol. The summed E-state index contributed by atoms with van der Waals surface area (Å²) in [5, 5.41) is 11.4. The number of nitrogens with one attached hydrogen (secondary N) is 1. The van der Waals surface area contributed by atoms with Crippen molar-refractivity contribution in [3.8, 4) is 17.6 Å². The molecule has 0 aliphatic carbocycles. The maximum absolute atomic E-state index is 11.5. The first-order chi connectivity index (χ1) is 10.1. The van der Waals surface area contributed by atoms with Crippen molar-refractivity contribution in [1.82, 2.24) is 10.2 Å². The molecule has 0 unspecified atom stereocenters. The molecule has 0 fully saturated rings. The minimum absolute atomic E-state index is 0.0213. The Morgan fingerprint density at radius 3 is 2.81 bits per heavy atom. The summed E-state index contributed by atoms with van der Waals surface area (Å²) in [7, 11) is 3.24. The molecule has 0 heterocycles. The molecule has 0 atom stereocenters. The second kappa shape index (κ2) is 9.01. The van der Waals surface area contributed by atoms with Gasteiger partial charge in [-0.2, -0.15) is 0 Å². The van der Waals surface area contributed by atoms with Crippen LogP contribution in [-0.4, -0.2) is 49.8 Å². The Bertz CT molecular complexity index is 532. The van der Waals surface area contributed by atoms with E-state index in [1.807, 2.05) is 30.0 Å². The fourth-order valence-corrected chi connectivity index (χ4v) is 1.92. The van der Waals surface area contributed by atoms with Gasteiger partial charge in [-0.05, 0) is 24.7 Å². The molecule has 1 aromatic carbocycles. The summed E-state index contributed by atoms with van der Waals surface area (Å²) in [6.45, 7) is 3.53. The number of hydrogen-bond acceptors (Lipinski definition) is 4. The number of amides is 1. The lowest BCUT2D eigenvalue weighted by Crippen LogP contribution is -2.35. The molecule has 1 rings (SSSR count). The van der Waals surface area contributed by atoms with Crippen LogP contribution in [0, 0.1) is 11.8 Å². The van der Waals surface area contributed by atoms with Crippen molar-refractivity contribution in [3.63, 3.8) is 0 Å². The smallest absolute Gasteiger partial charge is 0.233 e. The van der Waals surface area contributed by atoms with E-state index in [-0.39, 0.29) is 12.5 Å². The molecule has 0 aliphatic heterocycles. The van der Waals surface area contributed by atoms with E-state index >= 15 is 0 Å². The molecule has 2 N–H and O–H groups in total. The highest BCUT2D eigenvalue weighted by Crippen LogP contribution is 2.21. The van der Waals surface area contributed by atoms with Gasteiger partial charge in [0.1, 0.15) is 12.4 Å². The molecule has 1 amide bonds. The van der Waals surface area contributed by atoms with Crippen LogP contribution < -0.4 is 10.1 Å². The summed E-state index contributed by atoms with van der Waals surface area (Å²) < 4.78 is 5.36. The van der Waals surface area contributed by atoms with Gasteiger partial charge < -0.3 is 15.2 Å². The summed E-state index contributed by atoms with van der Waals surface area (Å²) in [5.41, 5.74) is 1.78. The van der Waals surface area contributed by atoms with Gasteiger partial charge >= 0.3 is 0 Å². The van der Waals surface area contributed by atoms with Gasteiger partial charge in [-0.1, -0.05) is 18.8 Å². The highest BCUT2D eigenvalue weighted by atomic mass is 16.5. The normalized spacial score (nSPS) is 9.95. The van der Waals surface area contributed by atoms with E-state index in [9.17, 15) is 4.79 Å². The van der Waals surface area contributed by atoms with Crippen molar-refractivity contribution in [1.29, 1.82) is 0 Å². The van der Waals surface area contributed by atoms with E-state index in [4.69, 9.17) is 9.84 Å². The number of aliphatic hydroxyl groups excluding tert-OH is 1.